The fourth-order valence-corrected chi connectivity index (χ4v) is 3.55. The van der Waals surface area contributed by atoms with Crippen LogP contribution in [0.25, 0.3) is 0 Å². The summed E-state index contributed by atoms with van der Waals surface area (Å²) < 4.78 is 13.1. The first-order chi connectivity index (χ1) is 13.9. The van der Waals surface area contributed by atoms with Crippen molar-refractivity contribution in [2.24, 2.45) is 5.92 Å². The fourth-order valence-electron chi connectivity index (χ4n) is 3.55. The summed E-state index contributed by atoms with van der Waals surface area (Å²) in [7, 11) is 0. The van der Waals surface area contributed by atoms with E-state index < -0.39 is 5.82 Å². The Labute approximate surface area is 168 Å². The van der Waals surface area contributed by atoms with Gasteiger partial charge >= 0.3 is 6.03 Å². The van der Waals surface area contributed by atoms with E-state index in [1.165, 1.54) is 15.4 Å². The molecule has 1 atom stereocenters. The van der Waals surface area contributed by atoms with Crippen molar-refractivity contribution < 1.29 is 14.0 Å². The molecule has 3 amide bonds. The molecule has 1 aliphatic carbocycles. The minimum absolute atomic E-state index is 0.102. The van der Waals surface area contributed by atoms with Gasteiger partial charge in [0, 0.05) is 6.20 Å². The van der Waals surface area contributed by atoms with Crippen molar-refractivity contribution >= 4 is 23.7 Å². The van der Waals surface area contributed by atoms with Gasteiger partial charge in [-0.25, -0.2) is 24.1 Å². The van der Waals surface area contributed by atoms with Crippen LogP contribution in [-0.4, -0.2) is 50.9 Å². The minimum Gasteiger partial charge on any atom is -0.310 e. The number of nitrogens with zero attached hydrogens (tertiary/aromatic N) is 5. The number of carbonyl (C=O) groups excluding carboxylic acids is 2. The lowest BCUT2D eigenvalue weighted by molar-refractivity contribution is -0.117. The Morgan fingerprint density at radius 1 is 1.28 bits per heavy atom. The predicted molar refractivity (Wildman–Crippen MR) is 105 cm³/mol. The molecule has 0 unspecified atom stereocenters. The molecule has 0 bridgehead atoms. The molecule has 0 spiro atoms. The van der Waals surface area contributed by atoms with Gasteiger partial charge in [0.2, 0.25) is 11.9 Å². The molecule has 9 heteroatoms. The third-order valence-electron chi connectivity index (χ3n) is 5.28. The average Bonchev–Trinajstić information content (AvgIpc) is 3.49. The van der Waals surface area contributed by atoms with E-state index in [9.17, 15) is 14.0 Å². The Morgan fingerprint density at radius 3 is 2.66 bits per heavy atom. The molecule has 2 aromatic heterocycles. The average molecular weight is 398 g/mol. The number of urea groups is 1. The molecular formula is C20H23FN6O2. The number of nitrogens with one attached hydrogen (secondary N) is 1. The van der Waals surface area contributed by atoms with E-state index in [0.29, 0.717) is 18.3 Å². The second-order valence-corrected chi connectivity index (χ2v) is 7.83. The summed E-state index contributed by atoms with van der Waals surface area (Å²) in [5.74, 6) is 0.413. The van der Waals surface area contributed by atoms with E-state index >= 15 is 0 Å². The smallest absolute Gasteiger partial charge is 0.310 e. The molecule has 1 aliphatic heterocycles. The van der Waals surface area contributed by atoms with Crippen LogP contribution in [0.2, 0.25) is 0 Å². The highest BCUT2D eigenvalue weighted by molar-refractivity contribution is 5.98. The molecule has 8 nitrogen and oxygen atoms in total. The Morgan fingerprint density at radius 2 is 2.00 bits per heavy atom. The van der Waals surface area contributed by atoms with Crippen LogP contribution in [-0.2, 0) is 4.79 Å². The number of aromatic nitrogens is 3. The van der Waals surface area contributed by atoms with E-state index in [4.69, 9.17) is 0 Å². The third-order valence-corrected chi connectivity index (χ3v) is 5.28. The topological polar surface area (TPSA) is 91.3 Å². The number of pyridine rings is 1. The maximum atomic E-state index is 13.1. The van der Waals surface area contributed by atoms with Crippen molar-refractivity contribution in [3.8, 4) is 0 Å². The van der Waals surface area contributed by atoms with E-state index in [0.717, 1.165) is 25.2 Å². The van der Waals surface area contributed by atoms with E-state index in [1.54, 1.807) is 6.20 Å². The quantitative estimate of drug-likeness (QED) is 0.808. The second kappa shape index (κ2) is 7.73. The highest BCUT2D eigenvalue weighted by atomic mass is 19.1. The molecule has 1 saturated heterocycles. The summed E-state index contributed by atoms with van der Waals surface area (Å²) in [6, 6.07) is 3.30. The summed E-state index contributed by atoms with van der Waals surface area (Å²) in [5.41, 5.74) is 1.17. The summed E-state index contributed by atoms with van der Waals surface area (Å²) >= 11 is 0. The zero-order chi connectivity index (χ0) is 20.5. The molecule has 4 rings (SSSR count). The van der Waals surface area contributed by atoms with Crippen LogP contribution >= 0.6 is 0 Å². The predicted octanol–water partition coefficient (Wildman–Crippen LogP) is 2.79. The lowest BCUT2D eigenvalue weighted by Crippen LogP contribution is -2.43. The fraction of sp³-hybridized carbons (Fsp3) is 0.450. The van der Waals surface area contributed by atoms with E-state index in [2.05, 4.69) is 20.3 Å². The van der Waals surface area contributed by atoms with Gasteiger partial charge < -0.3 is 10.2 Å². The SMILES string of the molecule is CC(C)[C@H]1CN(c2ncc(F)cn2)C(=O)N1CC(=O)Nc1cc(C2CC2)ccn1. The van der Waals surface area contributed by atoms with Crippen LogP contribution in [0.4, 0.5) is 21.0 Å². The Bertz CT molecular complexity index is 915. The monoisotopic (exact) mass is 398 g/mol. The zero-order valence-corrected chi connectivity index (χ0v) is 16.4. The van der Waals surface area contributed by atoms with Crippen LogP contribution < -0.4 is 10.2 Å². The van der Waals surface area contributed by atoms with Crippen LogP contribution in [0.15, 0.2) is 30.7 Å². The van der Waals surface area contributed by atoms with Crippen molar-refractivity contribution in [3.05, 3.63) is 42.1 Å². The highest BCUT2D eigenvalue weighted by Crippen LogP contribution is 2.40. The van der Waals surface area contributed by atoms with Gasteiger partial charge in [-0.2, -0.15) is 0 Å². The van der Waals surface area contributed by atoms with Crippen LogP contribution in [0.5, 0.6) is 0 Å². The molecule has 0 radical (unpaired) electrons. The number of amides is 3. The van der Waals surface area contributed by atoms with Crippen LogP contribution in [0.1, 0.15) is 38.2 Å². The number of carbonyl (C=O) groups is 2. The molecule has 2 aromatic rings. The maximum Gasteiger partial charge on any atom is 0.327 e. The number of hydrogen-bond acceptors (Lipinski definition) is 5. The summed E-state index contributed by atoms with van der Waals surface area (Å²) in [6.07, 6.45) is 6.06. The number of hydrogen-bond donors (Lipinski definition) is 1. The third kappa shape index (κ3) is 4.18. The largest absolute Gasteiger partial charge is 0.327 e. The number of rotatable bonds is 6. The Kier molecular flexibility index (Phi) is 5.12. The molecule has 1 saturated carbocycles. The highest BCUT2D eigenvalue weighted by Gasteiger charge is 2.41. The van der Waals surface area contributed by atoms with Crippen LogP contribution in [0, 0.1) is 11.7 Å². The summed E-state index contributed by atoms with van der Waals surface area (Å²) in [5, 5.41) is 2.79. The van der Waals surface area contributed by atoms with Crippen molar-refractivity contribution in [2.45, 2.75) is 38.6 Å². The molecular weight excluding hydrogens is 375 g/mol. The first kappa shape index (κ1) is 19.2. The molecule has 29 heavy (non-hydrogen) atoms. The van der Waals surface area contributed by atoms with E-state index in [1.807, 2.05) is 26.0 Å². The summed E-state index contributed by atoms with van der Waals surface area (Å²) in [6.45, 7) is 4.20. The van der Waals surface area contributed by atoms with Gasteiger partial charge in [-0.15, -0.1) is 0 Å². The Balaban J connectivity index is 1.46. The van der Waals surface area contributed by atoms with Gasteiger partial charge in [-0.3, -0.25) is 9.69 Å². The Hall–Kier alpha value is -3.10. The van der Waals surface area contributed by atoms with Gasteiger partial charge in [0.15, 0.2) is 5.82 Å². The standard InChI is InChI=1S/C20H23FN6O2/c1-12(2)16-10-27(19-23-8-15(21)9-24-19)20(29)26(16)11-18(28)25-17-7-14(5-6-22-17)13-3-4-13/h5-9,12-13,16H,3-4,10-11H2,1-2H3,(H,22,25,28)/t16-/m1/s1. The normalized spacial score (nSPS) is 19.2. The lowest BCUT2D eigenvalue weighted by atomic mass is 10.0. The molecule has 2 aliphatic rings. The first-order valence-corrected chi connectivity index (χ1v) is 9.74. The zero-order valence-electron chi connectivity index (χ0n) is 16.4. The van der Waals surface area contributed by atoms with Crippen molar-refractivity contribution in [1.82, 2.24) is 19.9 Å². The maximum absolute atomic E-state index is 13.1. The van der Waals surface area contributed by atoms with E-state index in [-0.39, 0.29) is 36.4 Å². The minimum atomic E-state index is -0.571. The molecule has 0 aromatic carbocycles. The van der Waals surface area contributed by atoms with Crippen molar-refractivity contribution in [3.63, 3.8) is 0 Å². The molecule has 2 fully saturated rings. The van der Waals surface area contributed by atoms with Gasteiger partial charge in [-0.1, -0.05) is 13.8 Å². The molecule has 3 heterocycles. The molecule has 1 N–H and O–H groups in total. The van der Waals surface area contributed by atoms with Gasteiger partial charge in [-0.05, 0) is 42.4 Å². The number of halogens is 1. The lowest BCUT2D eigenvalue weighted by Gasteiger charge is -2.25. The first-order valence-electron chi connectivity index (χ1n) is 9.74. The van der Waals surface area contributed by atoms with Crippen LogP contribution in [0.3, 0.4) is 0 Å². The summed E-state index contributed by atoms with van der Waals surface area (Å²) in [4.78, 5) is 40.4. The van der Waals surface area contributed by atoms with Gasteiger partial charge in [0.05, 0.1) is 25.0 Å². The second-order valence-electron chi connectivity index (χ2n) is 7.83. The number of anilines is 2. The van der Waals surface area contributed by atoms with Gasteiger partial charge in [0.25, 0.3) is 0 Å². The van der Waals surface area contributed by atoms with Crippen molar-refractivity contribution in [2.75, 3.05) is 23.3 Å². The molecule has 152 valence electrons. The van der Waals surface area contributed by atoms with Gasteiger partial charge in [0.1, 0.15) is 12.4 Å². The van der Waals surface area contributed by atoms with Crippen molar-refractivity contribution in [1.29, 1.82) is 0 Å².